The van der Waals surface area contributed by atoms with Gasteiger partial charge in [-0.3, -0.25) is 0 Å². The van der Waals surface area contributed by atoms with Crippen LogP contribution in [0.1, 0.15) is 36.9 Å². The molecule has 0 saturated carbocycles. The minimum absolute atomic E-state index is 0.0728. The molecule has 2 rings (SSSR count). The molecule has 0 aliphatic heterocycles. The Hall–Kier alpha value is -1.19. The molecule has 0 fully saturated rings. The van der Waals surface area contributed by atoms with E-state index in [1.165, 1.54) is 11.1 Å². The summed E-state index contributed by atoms with van der Waals surface area (Å²) in [5.74, 6) is 0. The Labute approximate surface area is 107 Å². The number of hydrogen-bond acceptors (Lipinski definition) is 3. The van der Waals surface area contributed by atoms with Crippen molar-refractivity contribution in [1.82, 2.24) is 4.98 Å². The molecule has 1 aromatic carbocycles. The lowest BCUT2D eigenvalue weighted by Crippen LogP contribution is -2.07. The van der Waals surface area contributed by atoms with E-state index >= 15 is 0 Å². The van der Waals surface area contributed by atoms with Gasteiger partial charge in [-0.25, -0.2) is 4.98 Å². The van der Waals surface area contributed by atoms with Crippen LogP contribution >= 0.6 is 11.3 Å². The number of nitrogens with zero attached hydrogens (tertiary/aromatic N) is 1. The Morgan fingerprint density at radius 1 is 1.24 bits per heavy atom. The molecular formula is C14H18N2S. The van der Waals surface area contributed by atoms with Gasteiger partial charge >= 0.3 is 0 Å². The lowest BCUT2D eigenvalue weighted by molar-refractivity contribution is 0.693. The number of benzene rings is 1. The molecule has 0 saturated heterocycles. The molecule has 2 aromatic rings. The summed E-state index contributed by atoms with van der Waals surface area (Å²) in [6.07, 6.45) is 2.00. The summed E-state index contributed by atoms with van der Waals surface area (Å²) in [6, 6.07) is 8.66. The summed E-state index contributed by atoms with van der Waals surface area (Å²) in [7, 11) is 0. The second-order valence-electron chi connectivity index (χ2n) is 4.14. The van der Waals surface area contributed by atoms with E-state index in [4.69, 9.17) is 5.73 Å². The monoisotopic (exact) mass is 246 g/mol. The van der Waals surface area contributed by atoms with E-state index in [1.807, 2.05) is 0 Å². The van der Waals surface area contributed by atoms with Crippen molar-refractivity contribution in [3.05, 3.63) is 40.2 Å². The number of hydrogen-bond donors (Lipinski definition) is 1. The molecule has 90 valence electrons. The zero-order valence-corrected chi connectivity index (χ0v) is 11.1. The van der Waals surface area contributed by atoms with Gasteiger partial charge < -0.3 is 5.73 Å². The smallest absolute Gasteiger partial charge is 0.110 e. The van der Waals surface area contributed by atoms with Crippen LogP contribution in [0.25, 0.3) is 11.3 Å². The first kappa shape index (κ1) is 12.3. The Morgan fingerprint density at radius 2 is 1.94 bits per heavy atom. The molecule has 1 aromatic heterocycles. The maximum Gasteiger partial charge on any atom is 0.110 e. The number of rotatable bonds is 4. The quantitative estimate of drug-likeness (QED) is 0.891. The summed E-state index contributed by atoms with van der Waals surface area (Å²) in [5.41, 5.74) is 9.55. The third-order valence-electron chi connectivity index (χ3n) is 2.94. The van der Waals surface area contributed by atoms with Crippen LogP contribution in [0.2, 0.25) is 0 Å². The SMILES string of the molecule is CCc1ccc(-c2csc(C(N)CC)n2)cc1. The van der Waals surface area contributed by atoms with E-state index in [1.54, 1.807) is 11.3 Å². The van der Waals surface area contributed by atoms with Crippen LogP contribution in [0, 0.1) is 0 Å². The predicted octanol–water partition coefficient (Wildman–Crippen LogP) is 3.78. The fraction of sp³-hybridized carbons (Fsp3) is 0.357. The fourth-order valence-corrected chi connectivity index (χ4v) is 2.59. The van der Waals surface area contributed by atoms with Crippen LogP contribution < -0.4 is 5.73 Å². The first-order chi connectivity index (χ1) is 8.24. The maximum absolute atomic E-state index is 5.98. The van der Waals surface area contributed by atoms with Crippen molar-refractivity contribution < 1.29 is 0 Å². The molecule has 3 heteroatoms. The Kier molecular flexibility index (Phi) is 3.92. The van der Waals surface area contributed by atoms with Crippen LogP contribution in [0.5, 0.6) is 0 Å². The van der Waals surface area contributed by atoms with E-state index in [0.717, 1.165) is 23.5 Å². The van der Waals surface area contributed by atoms with E-state index in [2.05, 4.69) is 48.5 Å². The normalized spacial score (nSPS) is 12.6. The summed E-state index contributed by atoms with van der Waals surface area (Å²) >= 11 is 1.65. The Balaban J connectivity index is 2.24. The van der Waals surface area contributed by atoms with E-state index in [9.17, 15) is 0 Å². The molecule has 0 aliphatic rings. The van der Waals surface area contributed by atoms with Crippen molar-refractivity contribution in [3.63, 3.8) is 0 Å². The summed E-state index contributed by atoms with van der Waals surface area (Å²) in [6.45, 7) is 4.25. The van der Waals surface area contributed by atoms with Crippen molar-refractivity contribution in [1.29, 1.82) is 0 Å². The van der Waals surface area contributed by atoms with Crippen LogP contribution in [0.15, 0.2) is 29.6 Å². The Morgan fingerprint density at radius 3 is 2.53 bits per heavy atom. The van der Waals surface area contributed by atoms with Gasteiger partial charge in [-0.1, -0.05) is 38.1 Å². The van der Waals surface area contributed by atoms with Crippen LogP contribution in [-0.4, -0.2) is 4.98 Å². The zero-order chi connectivity index (χ0) is 12.3. The van der Waals surface area contributed by atoms with Crippen molar-refractivity contribution in [2.75, 3.05) is 0 Å². The number of nitrogens with two attached hydrogens (primary N) is 1. The fourth-order valence-electron chi connectivity index (χ4n) is 1.68. The molecular weight excluding hydrogens is 228 g/mol. The highest BCUT2D eigenvalue weighted by Gasteiger charge is 2.09. The van der Waals surface area contributed by atoms with Gasteiger partial charge in [-0.15, -0.1) is 11.3 Å². The lowest BCUT2D eigenvalue weighted by atomic mass is 10.1. The minimum Gasteiger partial charge on any atom is -0.322 e. The van der Waals surface area contributed by atoms with E-state index in [-0.39, 0.29) is 6.04 Å². The molecule has 0 amide bonds. The van der Waals surface area contributed by atoms with Crippen LogP contribution in [0.3, 0.4) is 0 Å². The molecule has 0 spiro atoms. The third kappa shape index (κ3) is 2.73. The molecule has 17 heavy (non-hydrogen) atoms. The van der Waals surface area contributed by atoms with Crippen LogP contribution in [0.4, 0.5) is 0 Å². The molecule has 0 bridgehead atoms. The van der Waals surface area contributed by atoms with Gasteiger partial charge in [-0.05, 0) is 18.4 Å². The van der Waals surface area contributed by atoms with E-state index < -0.39 is 0 Å². The van der Waals surface area contributed by atoms with Crippen molar-refractivity contribution >= 4 is 11.3 Å². The van der Waals surface area contributed by atoms with Gasteiger partial charge in [0.2, 0.25) is 0 Å². The zero-order valence-electron chi connectivity index (χ0n) is 10.3. The number of thiazole rings is 1. The summed E-state index contributed by atoms with van der Waals surface area (Å²) in [4.78, 5) is 4.60. The highest BCUT2D eigenvalue weighted by Crippen LogP contribution is 2.26. The Bertz CT molecular complexity index is 473. The van der Waals surface area contributed by atoms with Gasteiger partial charge in [-0.2, -0.15) is 0 Å². The first-order valence-corrected chi connectivity index (χ1v) is 6.92. The van der Waals surface area contributed by atoms with Gasteiger partial charge in [0, 0.05) is 10.9 Å². The molecule has 0 aliphatic carbocycles. The molecule has 1 atom stereocenters. The molecule has 1 unspecified atom stereocenters. The summed E-state index contributed by atoms with van der Waals surface area (Å²) < 4.78 is 0. The highest BCUT2D eigenvalue weighted by atomic mass is 32.1. The maximum atomic E-state index is 5.98. The lowest BCUT2D eigenvalue weighted by Gasteiger charge is -2.03. The van der Waals surface area contributed by atoms with Gasteiger partial charge in [0.1, 0.15) is 5.01 Å². The molecule has 2 nitrogen and oxygen atoms in total. The topological polar surface area (TPSA) is 38.9 Å². The standard InChI is InChI=1S/C14H18N2S/c1-3-10-5-7-11(8-6-10)13-9-17-14(16-13)12(15)4-2/h5-9,12H,3-4,15H2,1-2H3. The summed E-state index contributed by atoms with van der Waals surface area (Å²) in [5, 5.41) is 3.12. The number of aromatic nitrogens is 1. The van der Waals surface area contributed by atoms with Crippen molar-refractivity contribution in [3.8, 4) is 11.3 Å². The molecule has 0 radical (unpaired) electrons. The highest BCUT2D eigenvalue weighted by molar-refractivity contribution is 7.10. The second kappa shape index (κ2) is 5.43. The average Bonchev–Trinajstić information content (AvgIpc) is 2.87. The van der Waals surface area contributed by atoms with Gasteiger partial charge in [0.05, 0.1) is 11.7 Å². The van der Waals surface area contributed by atoms with Crippen molar-refractivity contribution in [2.24, 2.45) is 5.73 Å². The number of aryl methyl sites for hydroxylation is 1. The van der Waals surface area contributed by atoms with Crippen molar-refractivity contribution in [2.45, 2.75) is 32.7 Å². The van der Waals surface area contributed by atoms with Gasteiger partial charge in [0.25, 0.3) is 0 Å². The third-order valence-corrected chi connectivity index (χ3v) is 3.91. The van der Waals surface area contributed by atoms with Gasteiger partial charge in [0.15, 0.2) is 0 Å². The predicted molar refractivity (Wildman–Crippen MR) is 74.1 cm³/mol. The van der Waals surface area contributed by atoms with E-state index in [0.29, 0.717) is 0 Å². The van der Waals surface area contributed by atoms with Crippen LogP contribution in [-0.2, 0) is 6.42 Å². The molecule has 1 heterocycles. The second-order valence-corrected chi connectivity index (χ2v) is 5.03. The minimum atomic E-state index is 0.0728. The molecule has 2 N–H and O–H groups in total. The first-order valence-electron chi connectivity index (χ1n) is 6.05. The largest absolute Gasteiger partial charge is 0.322 e. The average molecular weight is 246 g/mol.